The van der Waals surface area contributed by atoms with E-state index in [1.807, 2.05) is 6.08 Å². The van der Waals surface area contributed by atoms with Crippen molar-refractivity contribution >= 4 is 11.9 Å². The molecule has 0 spiro atoms. The molecule has 0 aliphatic carbocycles. The fourth-order valence-corrected chi connectivity index (χ4v) is 11.0. The van der Waals surface area contributed by atoms with Crippen LogP contribution >= 0.6 is 0 Å². The third kappa shape index (κ3) is 48.8. The Morgan fingerprint density at radius 1 is 0.444 bits per heavy atom. The van der Waals surface area contributed by atoms with E-state index in [1.54, 1.807) is 6.08 Å². The second-order valence-corrected chi connectivity index (χ2v) is 24.2. The monoisotopic (exact) mass is 1150 g/mol. The molecule has 1 amide bonds. The molecule has 11 heteroatoms. The minimum absolute atomic E-state index is 0.0102. The molecule has 6 N–H and O–H groups in total. The first kappa shape index (κ1) is 76.9. The number of unbranched alkanes of at least 4 members (excludes halogenated alkanes) is 43. The van der Waals surface area contributed by atoms with Crippen LogP contribution in [0.4, 0.5) is 0 Å². The maximum Gasteiger partial charge on any atom is 0.305 e. The predicted molar refractivity (Wildman–Crippen MR) is 338 cm³/mol. The number of aliphatic hydroxyl groups is 5. The third-order valence-corrected chi connectivity index (χ3v) is 16.5. The molecule has 476 valence electrons. The summed E-state index contributed by atoms with van der Waals surface area (Å²) < 4.78 is 16.7. The number of carbonyl (C=O) groups excluding carboxylic acids is 2. The maximum atomic E-state index is 13.1. The van der Waals surface area contributed by atoms with Gasteiger partial charge in [-0.2, -0.15) is 0 Å². The van der Waals surface area contributed by atoms with Crippen LogP contribution in [-0.2, 0) is 23.8 Å². The second kappa shape index (κ2) is 59.6. The first-order valence-corrected chi connectivity index (χ1v) is 34.8. The van der Waals surface area contributed by atoms with Crippen molar-refractivity contribution in [3.63, 3.8) is 0 Å². The number of nitrogens with one attached hydrogen (secondary N) is 1. The summed E-state index contributed by atoms with van der Waals surface area (Å²) in [7, 11) is 0. The summed E-state index contributed by atoms with van der Waals surface area (Å²) in [6, 6.07) is -0.832. The summed E-state index contributed by atoms with van der Waals surface area (Å²) in [5.74, 6) is -0.182. The van der Waals surface area contributed by atoms with Crippen molar-refractivity contribution in [2.45, 2.75) is 378 Å². The van der Waals surface area contributed by atoms with Gasteiger partial charge in [0.05, 0.1) is 32.0 Å². The Hall–Kier alpha value is -2.12. The lowest BCUT2D eigenvalue weighted by molar-refractivity contribution is -0.302. The van der Waals surface area contributed by atoms with Gasteiger partial charge in [-0.3, -0.25) is 9.59 Å². The Kier molecular flexibility index (Phi) is 56.6. The van der Waals surface area contributed by atoms with Crippen LogP contribution < -0.4 is 5.32 Å². The summed E-state index contributed by atoms with van der Waals surface area (Å²) in [5.41, 5.74) is 0. The zero-order valence-electron chi connectivity index (χ0n) is 52.8. The summed E-state index contributed by atoms with van der Waals surface area (Å²) in [5, 5.41) is 54.4. The van der Waals surface area contributed by atoms with Crippen LogP contribution in [0.2, 0.25) is 0 Å². The van der Waals surface area contributed by atoms with Crippen LogP contribution in [0.3, 0.4) is 0 Å². The number of ether oxygens (including phenoxy) is 3. The largest absolute Gasteiger partial charge is 0.466 e. The second-order valence-electron chi connectivity index (χ2n) is 24.2. The average Bonchev–Trinajstić information content (AvgIpc) is 3.47. The van der Waals surface area contributed by atoms with Crippen molar-refractivity contribution in [3.8, 4) is 0 Å². The number of aliphatic hydroxyl groups excluding tert-OH is 5. The molecule has 1 heterocycles. The van der Waals surface area contributed by atoms with E-state index in [1.165, 1.54) is 244 Å². The molecule has 1 saturated heterocycles. The molecule has 1 aliphatic rings. The topological polar surface area (TPSA) is 175 Å². The molecule has 1 rings (SSSR count). The zero-order chi connectivity index (χ0) is 58.7. The molecule has 0 saturated carbocycles. The van der Waals surface area contributed by atoms with E-state index >= 15 is 0 Å². The van der Waals surface area contributed by atoms with E-state index in [4.69, 9.17) is 14.2 Å². The molecular formula is C70H131NO10. The fourth-order valence-electron chi connectivity index (χ4n) is 11.0. The lowest BCUT2D eigenvalue weighted by atomic mass is 9.99. The van der Waals surface area contributed by atoms with Crippen molar-refractivity contribution in [3.05, 3.63) is 36.5 Å². The Balaban J connectivity index is 1.97. The van der Waals surface area contributed by atoms with Crippen molar-refractivity contribution in [1.29, 1.82) is 0 Å². The fraction of sp³-hybridized carbons (Fsp3) is 0.886. The standard InChI is InChI=1S/C70H131NO10/c1-3-5-7-9-11-13-15-33-37-40-44-48-52-56-63(73)62(61-80-70-69(78)68(77)67(76)64(60-72)81-70)71-65(74)57-53-49-45-41-38-34-31-29-27-25-23-21-19-17-16-18-20-22-24-26-28-30-32-35-39-43-47-51-55-59-79-66(75)58-54-50-46-42-36-14-12-10-8-6-4-2/h11,13,37,40,52,56,62-64,67-70,72-73,76-78H,3-10,12,14-36,38-39,41-51,53-55,57-61H2,1-2H3,(H,71,74)/b13-11+,40-37+,56-52+. The van der Waals surface area contributed by atoms with Gasteiger partial charge in [-0.05, 0) is 57.8 Å². The van der Waals surface area contributed by atoms with Gasteiger partial charge < -0.3 is 45.1 Å². The first-order valence-electron chi connectivity index (χ1n) is 34.8. The van der Waals surface area contributed by atoms with Crippen LogP contribution in [0, 0.1) is 0 Å². The Morgan fingerprint density at radius 3 is 1.22 bits per heavy atom. The Morgan fingerprint density at radius 2 is 0.802 bits per heavy atom. The van der Waals surface area contributed by atoms with Crippen LogP contribution in [-0.4, -0.2) is 100 Å². The number of allylic oxidation sites excluding steroid dienone is 5. The molecular weight excluding hydrogens is 1010 g/mol. The molecule has 0 aromatic heterocycles. The molecule has 7 atom stereocenters. The van der Waals surface area contributed by atoms with Gasteiger partial charge in [0.2, 0.25) is 5.91 Å². The van der Waals surface area contributed by atoms with Crippen LogP contribution in [0.5, 0.6) is 0 Å². The number of rotatable bonds is 61. The SMILES string of the molecule is CCCCC/C=C/CC/C=C/CC/C=C/C(O)C(COC1OC(CO)C(O)C(O)C1O)NC(=O)CCCCCCCCCCCCCCCCCCCCCCCCCCCCCCCOC(=O)CCCCCCCCCCCCC. The molecule has 0 aromatic carbocycles. The summed E-state index contributed by atoms with van der Waals surface area (Å²) in [6.07, 6.45) is 65.6. The molecule has 11 nitrogen and oxygen atoms in total. The summed E-state index contributed by atoms with van der Waals surface area (Å²) >= 11 is 0. The third-order valence-electron chi connectivity index (χ3n) is 16.5. The number of esters is 1. The number of carbonyl (C=O) groups is 2. The van der Waals surface area contributed by atoms with Gasteiger partial charge in [0.25, 0.3) is 0 Å². The van der Waals surface area contributed by atoms with Gasteiger partial charge in [0, 0.05) is 12.8 Å². The van der Waals surface area contributed by atoms with E-state index < -0.39 is 49.5 Å². The summed E-state index contributed by atoms with van der Waals surface area (Å²) in [6.45, 7) is 4.32. The molecule has 0 bridgehead atoms. The molecule has 0 radical (unpaired) electrons. The van der Waals surface area contributed by atoms with Crippen molar-refractivity contribution < 1.29 is 49.3 Å². The average molecular weight is 1150 g/mol. The van der Waals surface area contributed by atoms with Gasteiger partial charge in [-0.1, -0.05) is 301 Å². The van der Waals surface area contributed by atoms with Crippen molar-refractivity contribution in [2.24, 2.45) is 0 Å². The molecule has 81 heavy (non-hydrogen) atoms. The van der Waals surface area contributed by atoms with Gasteiger partial charge >= 0.3 is 5.97 Å². The zero-order valence-corrected chi connectivity index (χ0v) is 52.8. The van der Waals surface area contributed by atoms with Gasteiger partial charge in [-0.15, -0.1) is 0 Å². The van der Waals surface area contributed by atoms with Gasteiger partial charge in [-0.25, -0.2) is 0 Å². The van der Waals surface area contributed by atoms with Crippen LogP contribution in [0.1, 0.15) is 335 Å². The molecule has 1 aliphatic heterocycles. The number of amides is 1. The Labute approximate surface area is 498 Å². The highest BCUT2D eigenvalue weighted by molar-refractivity contribution is 5.76. The predicted octanol–water partition coefficient (Wildman–Crippen LogP) is 17.4. The summed E-state index contributed by atoms with van der Waals surface area (Å²) in [4.78, 5) is 25.1. The lowest BCUT2D eigenvalue weighted by Gasteiger charge is -2.40. The van der Waals surface area contributed by atoms with Gasteiger partial charge in [0.15, 0.2) is 6.29 Å². The molecule has 0 aromatic rings. The van der Waals surface area contributed by atoms with Crippen LogP contribution in [0.15, 0.2) is 36.5 Å². The highest BCUT2D eigenvalue weighted by atomic mass is 16.7. The van der Waals surface area contributed by atoms with Gasteiger partial charge in [0.1, 0.15) is 24.4 Å². The molecule has 1 fully saturated rings. The van der Waals surface area contributed by atoms with E-state index in [9.17, 15) is 35.1 Å². The lowest BCUT2D eigenvalue weighted by Crippen LogP contribution is -2.60. The van der Waals surface area contributed by atoms with E-state index in [0.717, 1.165) is 64.2 Å². The number of hydrogen-bond donors (Lipinski definition) is 6. The minimum Gasteiger partial charge on any atom is -0.466 e. The molecule has 7 unspecified atom stereocenters. The highest BCUT2D eigenvalue weighted by Gasteiger charge is 2.44. The normalized spacial score (nSPS) is 18.4. The van der Waals surface area contributed by atoms with Crippen molar-refractivity contribution in [1.82, 2.24) is 5.32 Å². The first-order chi connectivity index (χ1) is 39.7. The van der Waals surface area contributed by atoms with Crippen LogP contribution in [0.25, 0.3) is 0 Å². The number of hydrogen-bond acceptors (Lipinski definition) is 10. The minimum atomic E-state index is -1.58. The smallest absolute Gasteiger partial charge is 0.305 e. The van der Waals surface area contributed by atoms with E-state index in [-0.39, 0.29) is 18.5 Å². The quantitative estimate of drug-likeness (QED) is 0.0195. The van der Waals surface area contributed by atoms with E-state index in [2.05, 4.69) is 43.5 Å². The maximum absolute atomic E-state index is 13.1. The van der Waals surface area contributed by atoms with Crippen molar-refractivity contribution in [2.75, 3.05) is 19.8 Å². The highest BCUT2D eigenvalue weighted by Crippen LogP contribution is 2.23. The van der Waals surface area contributed by atoms with E-state index in [0.29, 0.717) is 19.4 Å². The Bertz CT molecular complexity index is 1440.